The lowest BCUT2D eigenvalue weighted by atomic mass is 9.97. The highest BCUT2D eigenvalue weighted by atomic mass is 19.4. The fraction of sp³-hybridized carbons (Fsp3) is 0.533. The van der Waals surface area contributed by atoms with Gasteiger partial charge in [0.15, 0.2) is 0 Å². The third kappa shape index (κ3) is 3.89. The standard InChI is InChI=1S/C15H18F3NO2/c1-2-21-14(20)11-5-4-8-19(10-11)13-7-3-6-12(9-13)15(16,17)18/h3,6-7,9,11H,2,4-5,8,10H2,1H3. The number of benzene rings is 1. The molecule has 0 bridgehead atoms. The van der Waals surface area contributed by atoms with Crippen LogP contribution in [-0.4, -0.2) is 25.7 Å². The lowest BCUT2D eigenvalue weighted by molar-refractivity contribution is -0.148. The van der Waals surface area contributed by atoms with E-state index >= 15 is 0 Å². The molecule has 1 heterocycles. The highest BCUT2D eigenvalue weighted by Gasteiger charge is 2.32. The van der Waals surface area contributed by atoms with E-state index in [9.17, 15) is 18.0 Å². The third-order valence-electron chi connectivity index (χ3n) is 3.58. The van der Waals surface area contributed by atoms with Crippen molar-refractivity contribution in [3.05, 3.63) is 29.8 Å². The molecule has 3 nitrogen and oxygen atoms in total. The SMILES string of the molecule is CCOC(=O)C1CCCN(c2cccc(C(F)(F)F)c2)C1. The maximum Gasteiger partial charge on any atom is 0.416 e. The van der Waals surface area contributed by atoms with Crippen LogP contribution in [0.1, 0.15) is 25.3 Å². The zero-order chi connectivity index (χ0) is 15.5. The Bertz CT molecular complexity index is 502. The summed E-state index contributed by atoms with van der Waals surface area (Å²) in [5.41, 5.74) is -0.169. The predicted molar refractivity (Wildman–Crippen MR) is 73.0 cm³/mol. The highest BCUT2D eigenvalue weighted by Crippen LogP contribution is 2.32. The summed E-state index contributed by atoms with van der Waals surface area (Å²) in [7, 11) is 0. The normalized spacial score (nSPS) is 19.4. The van der Waals surface area contributed by atoms with Crippen molar-refractivity contribution in [3.8, 4) is 0 Å². The Kier molecular flexibility index (Phi) is 4.75. The van der Waals surface area contributed by atoms with Crippen LogP contribution in [0.25, 0.3) is 0 Å². The van der Waals surface area contributed by atoms with E-state index in [2.05, 4.69) is 0 Å². The molecule has 0 aliphatic carbocycles. The Morgan fingerprint density at radius 2 is 2.19 bits per heavy atom. The molecule has 2 rings (SSSR count). The van der Waals surface area contributed by atoms with Crippen LogP contribution in [0.2, 0.25) is 0 Å². The first-order valence-corrected chi connectivity index (χ1v) is 7.00. The number of ether oxygens (including phenoxy) is 1. The molecule has 1 aliphatic rings. The average Bonchev–Trinajstić information content (AvgIpc) is 2.47. The summed E-state index contributed by atoms with van der Waals surface area (Å²) in [6.07, 6.45) is -2.87. The van der Waals surface area contributed by atoms with E-state index in [0.29, 0.717) is 31.8 Å². The van der Waals surface area contributed by atoms with Gasteiger partial charge in [0, 0.05) is 18.8 Å². The van der Waals surface area contributed by atoms with Crippen LogP contribution in [0, 0.1) is 5.92 Å². The lowest BCUT2D eigenvalue weighted by Crippen LogP contribution is -2.39. The second-order valence-corrected chi connectivity index (χ2v) is 5.09. The van der Waals surface area contributed by atoms with Gasteiger partial charge in [-0.3, -0.25) is 4.79 Å². The summed E-state index contributed by atoms with van der Waals surface area (Å²) in [6.45, 7) is 3.11. The molecular formula is C15H18F3NO2. The molecule has 1 unspecified atom stereocenters. The van der Waals surface area contributed by atoms with Gasteiger partial charge in [0.05, 0.1) is 18.1 Å². The van der Waals surface area contributed by atoms with Gasteiger partial charge in [-0.2, -0.15) is 13.2 Å². The molecule has 0 spiro atoms. The molecule has 0 aromatic heterocycles. The number of rotatable bonds is 3. The van der Waals surface area contributed by atoms with Gasteiger partial charge in [0.1, 0.15) is 0 Å². The number of anilines is 1. The van der Waals surface area contributed by atoms with Crippen LogP contribution in [0.3, 0.4) is 0 Å². The van der Waals surface area contributed by atoms with Crippen molar-refractivity contribution in [2.24, 2.45) is 5.92 Å². The molecule has 6 heteroatoms. The Morgan fingerprint density at radius 1 is 1.43 bits per heavy atom. The molecule has 1 fully saturated rings. The fourth-order valence-corrected chi connectivity index (χ4v) is 2.54. The molecule has 0 radical (unpaired) electrons. The van der Waals surface area contributed by atoms with Gasteiger partial charge in [-0.25, -0.2) is 0 Å². The van der Waals surface area contributed by atoms with Crippen molar-refractivity contribution in [2.45, 2.75) is 25.9 Å². The van der Waals surface area contributed by atoms with E-state index in [1.54, 1.807) is 13.0 Å². The third-order valence-corrected chi connectivity index (χ3v) is 3.58. The molecule has 1 atom stereocenters. The molecule has 116 valence electrons. The lowest BCUT2D eigenvalue weighted by Gasteiger charge is -2.33. The molecule has 1 aliphatic heterocycles. The summed E-state index contributed by atoms with van der Waals surface area (Å²) < 4.78 is 43.2. The Labute approximate surface area is 121 Å². The monoisotopic (exact) mass is 301 g/mol. The van der Waals surface area contributed by atoms with Gasteiger partial charge >= 0.3 is 12.1 Å². The van der Waals surface area contributed by atoms with Crippen LogP contribution < -0.4 is 4.90 Å². The number of hydrogen-bond acceptors (Lipinski definition) is 3. The van der Waals surface area contributed by atoms with Gasteiger partial charge in [0.25, 0.3) is 0 Å². The van der Waals surface area contributed by atoms with Gasteiger partial charge in [-0.1, -0.05) is 6.07 Å². The molecule has 21 heavy (non-hydrogen) atoms. The second-order valence-electron chi connectivity index (χ2n) is 5.09. The van der Waals surface area contributed by atoms with Gasteiger partial charge < -0.3 is 9.64 Å². The minimum absolute atomic E-state index is 0.269. The van der Waals surface area contributed by atoms with Gasteiger partial charge in [-0.15, -0.1) is 0 Å². The summed E-state index contributed by atoms with van der Waals surface area (Å²) in [5.74, 6) is -0.539. The smallest absolute Gasteiger partial charge is 0.416 e. The number of hydrogen-bond donors (Lipinski definition) is 0. The fourth-order valence-electron chi connectivity index (χ4n) is 2.54. The number of halogens is 3. The quantitative estimate of drug-likeness (QED) is 0.801. The van der Waals surface area contributed by atoms with Crippen molar-refractivity contribution in [3.63, 3.8) is 0 Å². The Hall–Kier alpha value is -1.72. The van der Waals surface area contributed by atoms with E-state index in [1.165, 1.54) is 6.07 Å². The van der Waals surface area contributed by atoms with E-state index in [1.807, 2.05) is 4.90 Å². The van der Waals surface area contributed by atoms with Crippen molar-refractivity contribution < 1.29 is 22.7 Å². The van der Waals surface area contributed by atoms with Gasteiger partial charge in [-0.05, 0) is 38.0 Å². The maximum atomic E-state index is 12.7. The van der Waals surface area contributed by atoms with E-state index in [-0.39, 0.29) is 11.9 Å². The molecule has 1 saturated heterocycles. The van der Waals surface area contributed by atoms with Crippen molar-refractivity contribution in [1.82, 2.24) is 0 Å². The number of esters is 1. The number of carbonyl (C=O) groups is 1. The number of nitrogens with zero attached hydrogens (tertiary/aromatic N) is 1. The van der Waals surface area contributed by atoms with Crippen LogP contribution in [-0.2, 0) is 15.7 Å². The summed E-state index contributed by atoms with van der Waals surface area (Å²) >= 11 is 0. The maximum absolute atomic E-state index is 12.7. The summed E-state index contributed by atoms with van der Waals surface area (Å²) in [4.78, 5) is 13.6. The second kappa shape index (κ2) is 6.37. The van der Waals surface area contributed by atoms with E-state index in [0.717, 1.165) is 18.6 Å². The van der Waals surface area contributed by atoms with Crippen molar-refractivity contribution in [2.75, 3.05) is 24.6 Å². The molecule has 1 aromatic rings. The topological polar surface area (TPSA) is 29.5 Å². The Balaban J connectivity index is 2.13. The first-order valence-electron chi connectivity index (χ1n) is 7.00. The first-order chi connectivity index (χ1) is 9.91. The molecule has 0 amide bonds. The zero-order valence-electron chi connectivity index (χ0n) is 11.8. The van der Waals surface area contributed by atoms with Crippen LogP contribution in [0.4, 0.5) is 18.9 Å². The van der Waals surface area contributed by atoms with E-state index < -0.39 is 11.7 Å². The summed E-state index contributed by atoms with van der Waals surface area (Å²) in [5, 5.41) is 0. The predicted octanol–water partition coefficient (Wildman–Crippen LogP) is 3.48. The number of alkyl halides is 3. The highest BCUT2D eigenvalue weighted by molar-refractivity contribution is 5.73. The minimum atomic E-state index is -4.35. The van der Waals surface area contributed by atoms with Crippen LogP contribution in [0.5, 0.6) is 0 Å². The average molecular weight is 301 g/mol. The Morgan fingerprint density at radius 3 is 2.86 bits per heavy atom. The molecular weight excluding hydrogens is 283 g/mol. The van der Waals surface area contributed by atoms with Crippen LogP contribution >= 0.6 is 0 Å². The van der Waals surface area contributed by atoms with E-state index in [4.69, 9.17) is 4.74 Å². The largest absolute Gasteiger partial charge is 0.466 e. The summed E-state index contributed by atoms with van der Waals surface area (Å²) in [6, 6.07) is 5.22. The number of carbonyl (C=O) groups excluding carboxylic acids is 1. The molecule has 1 aromatic carbocycles. The zero-order valence-corrected chi connectivity index (χ0v) is 11.8. The van der Waals surface area contributed by atoms with Crippen molar-refractivity contribution >= 4 is 11.7 Å². The van der Waals surface area contributed by atoms with Gasteiger partial charge in [0.2, 0.25) is 0 Å². The minimum Gasteiger partial charge on any atom is -0.466 e. The number of piperidine rings is 1. The van der Waals surface area contributed by atoms with Crippen LogP contribution in [0.15, 0.2) is 24.3 Å². The molecule has 0 N–H and O–H groups in total. The first kappa shape index (κ1) is 15.7. The van der Waals surface area contributed by atoms with Crippen molar-refractivity contribution in [1.29, 1.82) is 0 Å². The molecule has 0 saturated carbocycles.